The molecule has 9 nitrogen and oxygen atoms in total. The number of aliphatic carboxylic acids is 1. The molecule has 0 radical (unpaired) electrons. The molecule has 1 atom stereocenters. The van der Waals surface area contributed by atoms with Gasteiger partial charge in [0.25, 0.3) is 5.91 Å². The number of benzene rings is 2. The molecule has 2 aromatic carbocycles. The number of pyridine rings is 1. The van der Waals surface area contributed by atoms with E-state index in [4.69, 9.17) is 14.5 Å². The maximum atomic E-state index is 15.6. The van der Waals surface area contributed by atoms with Gasteiger partial charge < -0.3 is 24.8 Å². The number of aromatic nitrogens is 1. The number of nitrogens with zero attached hydrogens (tertiary/aromatic N) is 2. The number of rotatable bonds is 8. The Morgan fingerprint density at radius 3 is 2.57 bits per heavy atom. The number of ether oxygens (including phenoxy) is 2. The van der Waals surface area contributed by atoms with E-state index in [2.05, 4.69) is 5.32 Å². The third-order valence-corrected chi connectivity index (χ3v) is 8.31. The van der Waals surface area contributed by atoms with Crippen molar-refractivity contribution in [2.45, 2.75) is 78.9 Å². The summed E-state index contributed by atoms with van der Waals surface area (Å²) in [5, 5.41) is 13.9. The normalized spacial score (nSPS) is 15.7. The minimum absolute atomic E-state index is 0.0864. The van der Waals surface area contributed by atoms with Gasteiger partial charge in [0.05, 0.1) is 17.7 Å². The first-order valence-corrected chi connectivity index (χ1v) is 15.1. The summed E-state index contributed by atoms with van der Waals surface area (Å²) in [6.45, 7) is 12.6. The van der Waals surface area contributed by atoms with Gasteiger partial charge in [0, 0.05) is 53.8 Å². The van der Waals surface area contributed by atoms with Gasteiger partial charge in [-0.05, 0) is 101 Å². The zero-order valence-electron chi connectivity index (χ0n) is 26.2. The van der Waals surface area contributed by atoms with Crippen molar-refractivity contribution < 1.29 is 33.4 Å². The fourth-order valence-corrected chi connectivity index (χ4v) is 6.25. The zero-order valence-corrected chi connectivity index (χ0v) is 26.2. The van der Waals surface area contributed by atoms with Crippen LogP contribution in [0.15, 0.2) is 18.2 Å². The second kappa shape index (κ2) is 12.1. The number of aryl methyl sites for hydroxylation is 2. The molecule has 10 heteroatoms. The molecule has 0 spiro atoms. The average molecular weight is 606 g/mol. The van der Waals surface area contributed by atoms with Crippen molar-refractivity contribution in [1.29, 1.82) is 0 Å². The van der Waals surface area contributed by atoms with E-state index in [9.17, 15) is 19.5 Å². The number of carbonyl (C=O) groups is 3. The SMILES string of the molecule is Cc1cc2nc(C)c([C@H](OC(C)(C)C)C(=O)O)c(-c3cc(F)c4c(c3C)CCCO4)c2cc1C(=O)NCCN1CCCC1=O. The van der Waals surface area contributed by atoms with Gasteiger partial charge in [0.1, 0.15) is 0 Å². The van der Waals surface area contributed by atoms with E-state index in [1.165, 1.54) is 6.07 Å². The van der Waals surface area contributed by atoms with Crippen LogP contribution in [0.1, 0.15) is 84.4 Å². The molecule has 1 aromatic heterocycles. The summed E-state index contributed by atoms with van der Waals surface area (Å²) in [5.41, 5.74) is 4.01. The molecule has 2 N–H and O–H groups in total. The Bertz CT molecular complexity index is 1660. The van der Waals surface area contributed by atoms with E-state index < -0.39 is 23.5 Å². The van der Waals surface area contributed by atoms with Gasteiger partial charge in [0.15, 0.2) is 17.7 Å². The second-order valence-corrected chi connectivity index (χ2v) is 12.6. The minimum Gasteiger partial charge on any atom is -0.490 e. The number of amides is 2. The molecular formula is C34H40FN3O6. The van der Waals surface area contributed by atoms with Crippen molar-refractivity contribution in [2.24, 2.45) is 0 Å². The number of carbonyl (C=O) groups excluding carboxylic acids is 2. The van der Waals surface area contributed by atoms with Crippen molar-refractivity contribution in [3.05, 3.63) is 57.5 Å². The summed E-state index contributed by atoms with van der Waals surface area (Å²) in [4.78, 5) is 44.8. The maximum Gasteiger partial charge on any atom is 0.337 e. The molecule has 0 unspecified atom stereocenters. The molecule has 2 aliphatic rings. The molecule has 234 valence electrons. The summed E-state index contributed by atoms with van der Waals surface area (Å²) < 4.78 is 27.4. The van der Waals surface area contributed by atoms with Crippen LogP contribution in [0.5, 0.6) is 5.75 Å². The lowest BCUT2D eigenvalue weighted by Gasteiger charge is -2.29. The third kappa shape index (κ3) is 6.13. The second-order valence-electron chi connectivity index (χ2n) is 12.6. The van der Waals surface area contributed by atoms with E-state index in [1.807, 2.05) is 13.8 Å². The van der Waals surface area contributed by atoms with E-state index in [1.54, 1.807) is 44.7 Å². The van der Waals surface area contributed by atoms with Crippen LogP contribution in [0, 0.1) is 26.6 Å². The Hall–Kier alpha value is -4.05. The highest BCUT2D eigenvalue weighted by Gasteiger charge is 2.34. The molecule has 3 aromatic rings. The van der Waals surface area contributed by atoms with Gasteiger partial charge in [-0.3, -0.25) is 14.6 Å². The lowest BCUT2D eigenvalue weighted by atomic mass is 9.85. The quantitative estimate of drug-likeness (QED) is 0.344. The first-order valence-electron chi connectivity index (χ1n) is 15.1. The summed E-state index contributed by atoms with van der Waals surface area (Å²) >= 11 is 0. The van der Waals surface area contributed by atoms with Gasteiger partial charge in [-0.2, -0.15) is 0 Å². The van der Waals surface area contributed by atoms with E-state index in [0.29, 0.717) is 83.5 Å². The van der Waals surface area contributed by atoms with Crippen LogP contribution in [0.4, 0.5) is 4.39 Å². The molecule has 2 aliphatic heterocycles. The third-order valence-electron chi connectivity index (χ3n) is 8.31. The van der Waals surface area contributed by atoms with Crippen LogP contribution >= 0.6 is 0 Å². The lowest BCUT2D eigenvalue weighted by molar-refractivity contribution is -0.160. The zero-order chi connectivity index (χ0) is 31.9. The molecule has 0 saturated carbocycles. The van der Waals surface area contributed by atoms with Crippen molar-refractivity contribution in [3.63, 3.8) is 0 Å². The van der Waals surface area contributed by atoms with Gasteiger partial charge >= 0.3 is 5.97 Å². The fourth-order valence-electron chi connectivity index (χ4n) is 6.25. The highest BCUT2D eigenvalue weighted by molar-refractivity contribution is 6.05. The van der Waals surface area contributed by atoms with Crippen molar-refractivity contribution in [2.75, 3.05) is 26.2 Å². The average Bonchev–Trinajstić information content (AvgIpc) is 3.36. The Balaban J connectivity index is 1.71. The maximum absolute atomic E-state index is 15.6. The van der Waals surface area contributed by atoms with Crippen LogP contribution in [-0.2, 0) is 20.7 Å². The van der Waals surface area contributed by atoms with Crippen LogP contribution < -0.4 is 10.1 Å². The number of carboxylic acids is 1. The monoisotopic (exact) mass is 605 g/mol. The van der Waals surface area contributed by atoms with Crippen molar-refractivity contribution >= 4 is 28.7 Å². The minimum atomic E-state index is -1.41. The van der Waals surface area contributed by atoms with Gasteiger partial charge in [-0.25, -0.2) is 9.18 Å². The molecule has 44 heavy (non-hydrogen) atoms. The molecule has 2 amide bonds. The van der Waals surface area contributed by atoms with Gasteiger partial charge in [-0.1, -0.05) is 0 Å². The predicted molar refractivity (Wildman–Crippen MR) is 165 cm³/mol. The van der Waals surface area contributed by atoms with Gasteiger partial charge in [-0.15, -0.1) is 0 Å². The standard InChI is InChI=1S/C34H40FN3O6/c1-18-15-26-24(16-22(18)32(40)36-11-13-38-12-7-10-27(38)39)29(23-17-25(35)30-21(19(23)2)9-8-14-43-30)28(20(3)37-26)31(33(41)42)44-34(4,5)6/h15-17,31H,7-14H2,1-6H3,(H,36,40)(H,41,42)/t31-/m0/s1. The highest BCUT2D eigenvalue weighted by atomic mass is 19.1. The van der Waals surface area contributed by atoms with E-state index in [-0.39, 0.29) is 17.6 Å². The molecule has 0 bridgehead atoms. The largest absolute Gasteiger partial charge is 0.490 e. The lowest BCUT2D eigenvalue weighted by Crippen LogP contribution is -2.35. The van der Waals surface area contributed by atoms with E-state index in [0.717, 1.165) is 24.0 Å². The predicted octanol–water partition coefficient (Wildman–Crippen LogP) is 5.58. The number of hydrogen-bond donors (Lipinski definition) is 2. The van der Waals surface area contributed by atoms with Crippen LogP contribution in [0.3, 0.4) is 0 Å². The Morgan fingerprint density at radius 2 is 1.91 bits per heavy atom. The Morgan fingerprint density at radius 1 is 1.16 bits per heavy atom. The van der Waals surface area contributed by atoms with Crippen LogP contribution in [-0.4, -0.2) is 64.6 Å². The molecule has 0 aliphatic carbocycles. The fraction of sp³-hybridized carbons (Fsp3) is 0.471. The number of carboxylic acid groups (broad SMARTS) is 1. The number of fused-ring (bicyclic) bond motifs is 2. The number of halogens is 1. The van der Waals surface area contributed by atoms with Gasteiger partial charge in [0.2, 0.25) is 5.91 Å². The van der Waals surface area contributed by atoms with Crippen LogP contribution in [0.25, 0.3) is 22.0 Å². The molecule has 3 heterocycles. The number of likely N-dealkylation sites (tertiary alicyclic amines) is 1. The first kappa shape index (κ1) is 31.4. The highest BCUT2D eigenvalue weighted by Crippen LogP contribution is 2.44. The Kier molecular flexibility index (Phi) is 8.66. The Labute approximate surface area is 256 Å². The first-order chi connectivity index (χ1) is 20.8. The van der Waals surface area contributed by atoms with Crippen molar-refractivity contribution in [1.82, 2.24) is 15.2 Å². The summed E-state index contributed by atoms with van der Waals surface area (Å²) in [6.07, 6.45) is 1.29. The summed E-state index contributed by atoms with van der Waals surface area (Å²) in [7, 11) is 0. The smallest absolute Gasteiger partial charge is 0.337 e. The summed E-state index contributed by atoms with van der Waals surface area (Å²) in [6, 6.07) is 4.89. The molecular weight excluding hydrogens is 565 g/mol. The molecule has 1 saturated heterocycles. The van der Waals surface area contributed by atoms with E-state index >= 15 is 4.39 Å². The molecule has 5 rings (SSSR count). The number of nitrogens with one attached hydrogen (secondary N) is 1. The van der Waals surface area contributed by atoms with Crippen LogP contribution in [0.2, 0.25) is 0 Å². The van der Waals surface area contributed by atoms with Crippen molar-refractivity contribution in [3.8, 4) is 16.9 Å². The molecule has 1 fully saturated rings. The number of hydrogen-bond acceptors (Lipinski definition) is 6. The topological polar surface area (TPSA) is 118 Å². The summed E-state index contributed by atoms with van der Waals surface area (Å²) in [5.74, 6) is -1.75.